The van der Waals surface area contributed by atoms with Gasteiger partial charge in [-0.25, -0.2) is 0 Å². The van der Waals surface area contributed by atoms with Gasteiger partial charge in [-0.2, -0.15) is 0 Å². The topological polar surface area (TPSA) is 58.2 Å². The number of aryl methyl sites for hydroxylation is 2. The van der Waals surface area contributed by atoms with E-state index in [1.54, 1.807) is 0 Å². The van der Waals surface area contributed by atoms with Crippen molar-refractivity contribution in [2.24, 2.45) is 0 Å². The zero-order valence-electron chi connectivity index (χ0n) is 11.3. The molecule has 4 nitrogen and oxygen atoms in total. The van der Waals surface area contributed by atoms with Gasteiger partial charge < -0.3 is 10.6 Å². The first-order chi connectivity index (χ1) is 8.43. The Hall–Kier alpha value is -1.36. The van der Waals surface area contributed by atoms with Crippen LogP contribution in [0.15, 0.2) is 6.07 Å². The Morgan fingerprint density at radius 1 is 1.39 bits per heavy atom. The van der Waals surface area contributed by atoms with Crippen molar-refractivity contribution in [3.63, 3.8) is 0 Å². The summed E-state index contributed by atoms with van der Waals surface area (Å²) in [5, 5.41) is 5.36. The SMILES string of the molecule is CCc1sc(C(=O)NCC(=O)NC(C)C)cc1C. The van der Waals surface area contributed by atoms with Gasteiger partial charge in [0.2, 0.25) is 5.91 Å². The Morgan fingerprint density at radius 3 is 2.56 bits per heavy atom. The first-order valence-corrected chi connectivity index (χ1v) is 6.92. The minimum absolute atomic E-state index is 0.0232. The van der Waals surface area contributed by atoms with Crippen LogP contribution < -0.4 is 10.6 Å². The van der Waals surface area contributed by atoms with Gasteiger partial charge in [0.05, 0.1) is 11.4 Å². The molecule has 1 heterocycles. The number of thiophene rings is 1. The summed E-state index contributed by atoms with van der Waals surface area (Å²) in [6, 6.07) is 1.96. The molecule has 0 unspecified atom stereocenters. The molecule has 2 amide bonds. The Kier molecular flexibility index (Phi) is 5.34. The second kappa shape index (κ2) is 6.54. The zero-order chi connectivity index (χ0) is 13.7. The molecule has 0 atom stereocenters. The Bertz CT molecular complexity index is 438. The predicted octanol–water partition coefficient (Wildman–Crippen LogP) is 1.87. The summed E-state index contributed by atoms with van der Waals surface area (Å²) in [6.45, 7) is 7.86. The van der Waals surface area contributed by atoms with E-state index in [4.69, 9.17) is 0 Å². The first-order valence-electron chi connectivity index (χ1n) is 6.10. The van der Waals surface area contributed by atoms with Crippen molar-refractivity contribution in [1.82, 2.24) is 10.6 Å². The van der Waals surface area contributed by atoms with Crippen molar-refractivity contribution < 1.29 is 9.59 Å². The molecule has 0 saturated heterocycles. The highest BCUT2D eigenvalue weighted by molar-refractivity contribution is 7.14. The Morgan fingerprint density at radius 2 is 2.06 bits per heavy atom. The third kappa shape index (κ3) is 4.14. The van der Waals surface area contributed by atoms with Crippen LogP contribution in [0, 0.1) is 6.92 Å². The molecule has 0 aliphatic carbocycles. The second-order valence-corrected chi connectivity index (χ2v) is 5.61. The van der Waals surface area contributed by atoms with Gasteiger partial charge >= 0.3 is 0 Å². The summed E-state index contributed by atoms with van der Waals surface area (Å²) in [6.07, 6.45) is 0.928. The molecule has 0 aliphatic rings. The second-order valence-electron chi connectivity index (χ2n) is 4.48. The van der Waals surface area contributed by atoms with E-state index in [0.29, 0.717) is 4.88 Å². The number of hydrogen-bond donors (Lipinski definition) is 2. The molecule has 0 bridgehead atoms. The smallest absolute Gasteiger partial charge is 0.261 e. The molecule has 1 aromatic heterocycles. The van der Waals surface area contributed by atoms with Crippen LogP contribution in [-0.2, 0) is 11.2 Å². The van der Waals surface area contributed by atoms with Crippen LogP contribution in [0.25, 0.3) is 0 Å². The van der Waals surface area contributed by atoms with E-state index in [1.807, 2.05) is 26.8 Å². The quantitative estimate of drug-likeness (QED) is 0.856. The summed E-state index contributed by atoms with van der Waals surface area (Å²) in [5.74, 6) is -0.343. The van der Waals surface area contributed by atoms with Gasteiger partial charge in [0.1, 0.15) is 0 Å². The monoisotopic (exact) mass is 268 g/mol. The van der Waals surface area contributed by atoms with Crippen LogP contribution >= 0.6 is 11.3 Å². The fraction of sp³-hybridized carbons (Fsp3) is 0.538. The van der Waals surface area contributed by atoms with Gasteiger partial charge in [0.15, 0.2) is 0 Å². The maximum absolute atomic E-state index is 11.8. The van der Waals surface area contributed by atoms with Crippen molar-refractivity contribution in [3.05, 3.63) is 21.4 Å². The number of hydrogen-bond acceptors (Lipinski definition) is 3. The number of nitrogens with one attached hydrogen (secondary N) is 2. The third-order valence-corrected chi connectivity index (χ3v) is 3.80. The van der Waals surface area contributed by atoms with Crippen LogP contribution in [0.1, 0.15) is 40.9 Å². The van der Waals surface area contributed by atoms with Crippen molar-refractivity contribution in [3.8, 4) is 0 Å². The van der Waals surface area contributed by atoms with Crippen molar-refractivity contribution in [1.29, 1.82) is 0 Å². The largest absolute Gasteiger partial charge is 0.352 e. The Balaban J connectivity index is 2.52. The Labute approximate surface area is 112 Å². The van der Waals surface area contributed by atoms with Crippen LogP contribution in [0.2, 0.25) is 0 Å². The lowest BCUT2D eigenvalue weighted by Gasteiger charge is -2.08. The standard InChI is InChI=1S/C13H20N2O2S/c1-5-10-9(4)6-11(18-10)13(17)14-7-12(16)15-8(2)3/h6,8H,5,7H2,1-4H3,(H,14,17)(H,15,16). The minimum atomic E-state index is -0.179. The summed E-state index contributed by atoms with van der Waals surface area (Å²) in [4.78, 5) is 25.1. The maximum atomic E-state index is 11.8. The maximum Gasteiger partial charge on any atom is 0.261 e. The number of amides is 2. The molecule has 18 heavy (non-hydrogen) atoms. The highest BCUT2D eigenvalue weighted by atomic mass is 32.1. The molecule has 0 spiro atoms. The van der Waals surface area contributed by atoms with Gasteiger partial charge in [0, 0.05) is 10.9 Å². The molecule has 1 rings (SSSR count). The lowest BCUT2D eigenvalue weighted by atomic mass is 10.2. The van der Waals surface area contributed by atoms with Crippen molar-refractivity contribution in [2.45, 2.75) is 40.2 Å². The first kappa shape index (κ1) is 14.7. The highest BCUT2D eigenvalue weighted by Gasteiger charge is 2.12. The normalized spacial score (nSPS) is 10.5. The fourth-order valence-corrected chi connectivity index (χ4v) is 2.63. The molecule has 0 fully saturated rings. The van der Waals surface area contributed by atoms with E-state index in [0.717, 1.165) is 12.0 Å². The van der Waals surface area contributed by atoms with E-state index in [1.165, 1.54) is 16.2 Å². The van der Waals surface area contributed by atoms with E-state index in [9.17, 15) is 9.59 Å². The van der Waals surface area contributed by atoms with Gasteiger partial charge in [-0.05, 0) is 38.8 Å². The van der Waals surface area contributed by atoms with Crippen molar-refractivity contribution in [2.75, 3.05) is 6.54 Å². The summed E-state index contributed by atoms with van der Waals surface area (Å²) in [7, 11) is 0. The molecule has 5 heteroatoms. The van der Waals surface area contributed by atoms with E-state index in [-0.39, 0.29) is 24.4 Å². The molecule has 0 saturated carbocycles. The molecule has 0 aromatic carbocycles. The van der Waals surface area contributed by atoms with Crippen LogP contribution in [0.4, 0.5) is 0 Å². The molecule has 0 radical (unpaired) electrons. The lowest BCUT2D eigenvalue weighted by Crippen LogP contribution is -2.39. The highest BCUT2D eigenvalue weighted by Crippen LogP contribution is 2.21. The summed E-state index contributed by atoms with van der Waals surface area (Å²) >= 11 is 1.49. The van der Waals surface area contributed by atoms with Gasteiger partial charge in [0.25, 0.3) is 5.91 Å². The molecule has 1 aromatic rings. The van der Waals surface area contributed by atoms with E-state index >= 15 is 0 Å². The predicted molar refractivity (Wildman–Crippen MR) is 74.0 cm³/mol. The molecule has 2 N–H and O–H groups in total. The average Bonchev–Trinajstić information content (AvgIpc) is 2.66. The van der Waals surface area contributed by atoms with Crippen LogP contribution in [-0.4, -0.2) is 24.4 Å². The molecule has 0 aliphatic heterocycles. The average molecular weight is 268 g/mol. The molecular formula is C13H20N2O2S. The lowest BCUT2D eigenvalue weighted by molar-refractivity contribution is -0.120. The van der Waals surface area contributed by atoms with Gasteiger partial charge in [-0.3, -0.25) is 9.59 Å². The number of carbonyl (C=O) groups excluding carboxylic acids is 2. The fourth-order valence-electron chi connectivity index (χ4n) is 1.60. The van der Waals surface area contributed by atoms with Crippen LogP contribution in [0.3, 0.4) is 0 Å². The number of rotatable bonds is 5. The minimum Gasteiger partial charge on any atom is -0.352 e. The molecular weight excluding hydrogens is 248 g/mol. The molecule has 100 valence electrons. The third-order valence-electron chi connectivity index (χ3n) is 2.42. The van der Waals surface area contributed by atoms with Gasteiger partial charge in [-0.15, -0.1) is 11.3 Å². The van der Waals surface area contributed by atoms with E-state index < -0.39 is 0 Å². The zero-order valence-corrected chi connectivity index (χ0v) is 12.1. The van der Waals surface area contributed by atoms with Gasteiger partial charge in [-0.1, -0.05) is 6.92 Å². The number of carbonyl (C=O) groups is 2. The summed E-state index contributed by atoms with van der Waals surface area (Å²) in [5.41, 5.74) is 1.14. The van der Waals surface area contributed by atoms with Crippen LogP contribution in [0.5, 0.6) is 0 Å². The summed E-state index contributed by atoms with van der Waals surface area (Å²) < 4.78 is 0. The van der Waals surface area contributed by atoms with E-state index in [2.05, 4.69) is 17.6 Å². The van der Waals surface area contributed by atoms with Crippen molar-refractivity contribution >= 4 is 23.2 Å².